The van der Waals surface area contributed by atoms with E-state index in [1.165, 1.54) is 0 Å². The number of ether oxygens (including phenoxy) is 2. The van der Waals surface area contributed by atoms with Crippen LogP contribution < -0.4 is 15.0 Å². The molecule has 0 amide bonds. The number of hydrogen-bond donors (Lipinski definition) is 1. The van der Waals surface area contributed by atoms with Crippen LogP contribution in [-0.4, -0.2) is 57.5 Å². The van der Waals surface area contributed by atoms with Gasteiger partial charge in [0.15, 0.2) is 0 Å². The van der Waals surface area contributed by atoms with Crippen LogP contribution in [0.4, 0.5) is 11.6 Å². The van der Waals surface area contributed by atoms with E-state index in [1.807, 2.05) is 19.2 Å². The summed E-state index contributed by atoms with van der Waals surface area (Å²) in [7, 11) is 0. The van der Waals surface area contributed by atoms with Gasteiger partial charge >= 0.3 is 0 Å². The Bertz CT molecular complexity index is 1160. The lowest BCUT2D eigenvalue weighted by Gasteiger charge is -2.33. The highest BCUT2D eigenvalue weighted by atomic mass is 16.5. The van der Waals surface area contributed by atoms with Crippen LogP contribution in [0.1, 0.15) is 43.9 Å². The molecule has 4 heterocycles. The van der Waals surface area contributed by atoms with Crippen molar-refractivity contribution in [3.8, 4) is 11.8 Å². The standard InChI is InChI=1S/C24H29N7O2/c1-16-7-8-26-24(28-16)29-19-3-5-21(6-4-19)33-22-11-20(30-9-10-32-17(2)14-30)15-31-23(22)18(12-25)13-27-31/h7-8,11,13,15,17,19,21H,3-6,9-10,14H2,1-2H3,(H,26,28,29)/t17-,19?,21?/m1/s1. The van der Waals surface area contributed by atoms with Gasteiger partial charge in [0.25, 0.3) is 0 Å². The van der Waals surface area contributed by atoms with Crippen molar-refractivity contribution >= 4 is 17.2 Å². The third kappa shape index (κ3) is 4.71. The SMILES string of the molecule is Cc1ccnc(NC2CCC(Oc3cc(N4CCO[C@H](C)C4)cn4ncc(C#N)c34)CC2)n1. The number of morpholine rings is 1. The zero-order valence-electron chi connectivity index (χ0n) is 19.1. The van der Waals surface area contributed by atoms with E-state index in [-0.39, 0.29) is 12.2 Å². The summed E-state index contributed by atoms with van der Waals surface area (Å²) in [6.45, 7) is 6.38. The lowest BCUT2D eigenvalue weighted by molar-refractivity contribution is 0.0531. The van der Waals surface area contributed by atoms with E-state index in [4.69, 9.17) is 9.47 Å². The van der Waals surface area contributed by atoms with Gasteiger partial charge in [0, 0.05) is 37.1 Å². The Morgan fingerprint density at radius 1 is 1.27 bits per heavy atom. The summed E-state index contributed by atoms with van der Waals surface area (Å²) in [6, 6.07) is 6.54. The third-order valence-corrected chi connectivity index (χ3v) is 6.38. The highest BCUT2D eigenvalue weighted by Crippen LogP contribution is 2.33. The van der Waals surface area contributed by atoms with E-state index in [1.54, 1.807) is 16.9 Å². The van der Waals surface area contributed by atoms with Gasteiger partial charge in [-0.15, -0.1) is 0 Å². The van der Waals surface area contributed by atoms with Crippen molar-refractivity contribution in [3.05, 3.63) is 42.0 Å². The highest BCUT2D eigenvalue weighted by Gasteiger charge is 2.26. The Morgan fingerprint density at radius 3 is 2.88 bits per heavy atom. The molecule has 1 atom stereocenters. The lowest BCUT2D eigenvalue weighted by Crippen LogP contribution is -2.41. The quantitative estimate of drug-likeness (QED) is 0.636. The molecule has 0 radical (unpaired) electrons. The number of hydrogen-bond acceptors (Lipinski definition) is 8. The van der Waals surface area contributed by atoms with Gasteiger partial charge in [-0.2, -0.15) is 10.4 Å². The minimum absolute atomic E-state index is 0.0885. The van der Waals surface area contributed by atoms with Gasteiger partial charge in [-0.1, -0.05) is 0 Å². The van der Waals surface area contributed by atoms with Crippen molar-refractivity contribution in [2.24, 2.45) is 0 Å². The number of pyridine rings is 1. The van der Waals surface area contributed by atoms with Crippen molar-refractivity contribution < 1.29 is 9.47 Å². The summed E-state index contributed by atoms with van der Waals surface area (Å²) in [5, 5.41) is 17.5. The molecule has 1 N–H and O–H groups in total. The van der Waals surface area contributed by atoms with Crippen LogP contribution in [0.3, 0.4) is 0 Å². The molecule has 1 saturated heterocycles. The Morgan fingerprint density at radius 2 is 2.12 bits per heavy atom. The number of nitrogens with zero attached hydrogens (tertiary/aromatic N) is 6. The van der Waals surface area contributed by atoms with Gasteiger partial charge < -0.3 is 19.7 Å². The first-order valence-electron chi connectivity index (χ1n) is 11.6. The predicted octanol–water partition coefficient (Wildman–Crippen LogP) is 3.33. The summed E-state index contributed by atoms with van der Waals surface area (Å²) in [5.74, 6) is 1.41. The van der Waals surface area contributed by atoms with Gasteiger partial charge in [-0.05, 0) is 45.6 Å². The van der Waals surface area contributed by atoms with E-state index in [0.717, 1.165) is 61.4 Å². The fraction of sp³-hybridized carbons (Fsp3) is 0.500. The molecule has 0 spiro atoms. The number of aromatic nitrogens is 4. The first-order chi connectivity index (χ1) is 16.1. The molecular formula is C24H29N7O2. The van der Waals surface area contributed by atoms with Crippen molar-refractivity contribution in [2.75, 3.05) is 29.9 Å². The summed E-state index contributed by atoms with van der Waals surface area (Å²) in [6.07, 6.45) is 9.42. The van der Waals surface area contributed by atoms with E-state index >= 15 is 0 Å². The van der Waals surface area contributed by atoms with E-state index in [9.17, 15) is 5.26 Å². The molecule has 0 unspecified atom stereocenters. The zero-order valence-corrected chi connectivity index (χ0v) is 19.1. The number of nitriles is 1. The van der Waals surface area contributed by atoms with Gasteiger partial charge in [0.05, 0.1) is 36.9 Å². The average molecular weight is 448 g/mol. The molecule has 5 rings (SSSR count). The van der Waals surface area contributed by atoms with Crippen molar-refractivity contribution in [2.45, 2.75) is 57.8 Å². The molecule has 2 aliphatic rings. The van der Waals surface area contributed by atoms with E-state index in [2.05, 4.69) is 44.3 Å². The predicted molar refractivity (Wildman–Crippen MR) is 125 cm³/mol. The van der Waals surface area contributed by atoms with Crippen LogP contribution in [0.15, 0.2) is 30.7 Å². The minimum Gasteiger partial charge on any atom is -0.488 e. The largest absolute Gasteiger partial charge is 0.488 e. The van der Waals surface area contributed by atoms with Crippen LogP contribution in [0, 0.1) is 18.3 Å². The van der Waals surface area contributed by atoms with Crippen molar-refractivity contribution in [1.82, 2.24) is 19.6 Å². The molecule has 3 aromatic rings. The summed E-state index contributed by atoms with van der Waals surface area (Å²) >= 11 is 0. The number of rotatable bonds is 5. The smallest absolute Gasteiger partial charge is 0.223 e. The number of aryl methyl sites for hydroxylation is 1. The van der Waals surface area contributed by atoms with Gasteiger partial charge in [-0.3, -0.25) is 0 Å². The van der Waals surface area contributed by atoms with Crippen LogP contribution in [0.2, 0.25) is 0 Å². The Labute approximate surface area is 193 Å². The average Bonchev–Trinajstić information content (AvgIpc) is 3.24. The molecule has 0 bridgehead atoms. The second kappa shape index (κ2) is 9.24. The topological polar surface area (TPSA) is 101 Å². The molecule has 172 valence electrons. The maximum atomic E-state index is 9.60. The fourth-order valence-corrected chi connectivity index (χ4v) is 4.67. The van der Waals surface area contributed by atoms with Gasteiger partial charge in [0.1, 0.15) is 22.9 Å². The maximum absolute atomic E-state index is 9.60. The maximum Gasteiger partial charge on any atom is 0.223 e. The molecule has 33 heavy (non-hydrogen) atoms. The lowest BCUT2D eigenvalue weighted by atomic mass is 9.93. The minimum atomic E-state index is 0.0885. The first kappa shape index (κ1) is 21.5. The van der Waals surface area contributed by atoms with Gasteiger partial charge in [0.2, 0.25) is 5.95 Å². The molecule has 3 aromatic heterocycles. The van der Waals surface area contributed by atoms with Gasteiger partial charge in [-0.25, -0.2) is 14.5 Å². The number of nitrogens with one attached hydrogen (secondary N) is 1. The number of anilines is 2. The van der Waals surface area contributed by atoms with Crippen molar-refractivity contribution in [1.29, 1.82) is 5.26 Å². The monoisotopic (exact) mass is 447 g/mol. The normalized spacial score (nSPS) is 23.3. The molecule has 9 heteroatoms. The van der Waals surface area contributed by atoms with Crippen LogP contribution >= 0.6 is 0 Å². The second-order valence-electron chi connectivity index (χ2n) is 8.91. The molecular weight excluding hydrogens is 418 g/mol. The van der Waals surface area contributed by atoms with Crippen LogP contribution in [0.5, 0.6) is 5.75 Å². The Balaban J connectivity index is 1.32. The van der Waals surface area contributed by atoms with E-state index < -0.39 is 0 Å². The third-order valence-electron chi connectivity index (χ3n) is 6.38. The molecule has 0 aromatic carbocycles. The summed E-state index contributed by atoms with van der Waals surface area (Å²) in [5.41, 5.74) is 3.25. The van der Waals surface area contributed by atoms with Crippen molar-refractivity contribution in [3.63, 3.8) is 0 Å². The molecule has 1 aliphatic heterocycles. The summed E-state index contributed by atoms with van der Waals surface area (Å²) in [4.78, 5) is 11.1. The molecule has 9 nitrogen and oxygen atoms in total. The molecule has 1 saturated carbocycles. The Kier molecular flexibility index (Phi) is 6.01. The molecule has 1 aliphatic carbocycles. The fourth-order valence-electron chi connectivity index (χ4n) is 4.67. The highest BCUT2D eigenvalue weighted by molar-refractivity contribution is 5.72. The first-order valence-corrected chi connectivity index (χ1v) is 11.6. The van der Waals surface area contributed by atoms with E-state index in [0.29, 0.717) is 24.2 Å². The molecule has 2 fully saturated rings. The summed E-state index contributed by atoms with van der Waals surface area (Å²) < 4.78 is 14.0. The second-order valence-corrected chi connectivity index (χ2v) is 8.91. The van der Waals surface area contributed by atoms with Crippen LogP contribution in [-0.2, 0) is 4.74 Å². The zero-order chi connectivity index (χ0) is 22.8. The van der Waals surface area contributed by atoms with Crippen LogP contribution in [0.25, 0.3) is 5.52 Å². The number of fused-ring (bicyclic) bond motifs is 1. The Hall–Kier alpha value is -3.38.